The maximum absolute atomic E-state index is 12.1. The molecule has 6 heteroatoms. The van der Waals surface area contributed by atoms with Crippen LogP contribution in [0.4, 0.5) is 0 Å². The van der Waals surface area contributed by atoms with Gasteiger partial charge >= 0.3 is 0 Å². The van der Waals surface area contributed by atoms with Gasteiger partial charge in [-0.25, -0.2) is 0 Å². The minimum absolute atomic E-state index is 0.0487. The summed E-state index contributed by atoms with van der Waals surface area (Å²) in [6, 6.07) is 11.8. The van der Waals surface area contributed by atoms with Gasteiger partial charge in [-0.1, -0.05) is 18.2 Å². The first-order valence-electron chi connectivity index (χ1n) is 6.39. The maximum atomic E-state index is 12.1. The molecule has 0 N–H and O–H groups in total. The van der Waals surface area contributed by atoms with Crippen LogP contribution >= 0.6 is 0 Å². The Kier molecular flexibility index (Phi) is 3.57. The van der Waals surface area contributed by atoms with E-state index in [1.807, 2.05) is 13.0 Å². The van der Waals surface area contributed by atoms with Crippen molar-refractivity contribution in [2.45, 2.75) is 18.4 Å². The molecule has 1 heterocycles. The second-order valence-corrected chi connectivity index (χ2v) is 6.34. The van der Waals surface area contributed by atoms with E-state index in [9.17, 15) is 8.42 Å². The fraction of sp³-hybridized carbons (Fsp3) is 0.200. The Balaban J connectivity index is 1.75. The van der Waals surface area contributed by atoms with E-state index < -0.39 is 10.1 Å². The minimum atomic E-state index is -3.77. The number of benzene rings is 2. The molecule has 0 aromatic heterocycles. The average molecular weight is 306 g/mol. The van der Waals surface area contributed by atoms with E-state index in [0.717, 1.165) is 5.56 Å². The third kappa shape index (κ3) is 3.01. The van der Waals surface area contributed by atoms with Gasteiger partial charge in [0.15, 0.2) is 11.5 Å². The summed E-state index contributed by atoms with van der Waals surface area (Å²) in [6.07, 6.45) is 0. The third-order valence-corrected chi connectivity index (χ3v) is 4.36. The fourth-order valence-corrected chi connectivity index (χ4v) is 3.02. The molecule has 2 aromatic carbocycles. The van der Waals surface area contributed by atoms with E-state index in [2.05, 4.69) is 0 Å². The number of hydrogen-bond acceptors (Lipinski definition) is 5. The standard InChI is InChI=1S/C15H14O5S/c1-11-3-2-4-13(7-11)21(16,17)20-9-12-5-6-14-15(8-12)19-10-18-14/h2-8H,9-10H2,1H3. The molecule has 110 valence electrons. The molecule has 0 aliphatic carbocycles. The molecule has 0 atom stereocenters. The predicted octanol–water partition coefficient (Wildman–Crippen LogP) is 2.63. The first kappa shape index (κ1) is 13.9. The zero-order valence-electron chi connectivity index (χ0n) is 11.4. The van der Waals surface area contributed by atoms with Crippen molar-refractivity contribution in [3.05, 3.63) is 53.6 Å². The van der Waals surface area contributed by atoms with E-state index in [4.69, 9.17) is 13.7 Å². The average Bonchev–Trinajstić information content (AvgIpc) is 2.93. The normalized spacial score (nSPS) is 13.4. The van der Waals surface area contributed by atoms with E-state index >= 15 is 0 Å². The van der Waals surface area contributed by atoms with Gasteiger partial charge in [0.05, 0.1) is 11.5 Å². The number of fused-ring (bicyclic) bond motifs is 1. The van der Waals surface area contributed by atoms with E-state index in [0.29, 0.717) is 17.1 Å². The Hall–Kier alpha value is -2.05. The summed E-state index contributed by atoms with van der Waals surface area (Å²) < 4.78 is 39.8. The largest absolute Gasteiger partial charge is 0.454 e. The molecule has 3 rings (SSSR count). The van der Waals surface area contributed by atoms with Crippen LogP contribution in [0.2, 0.25) is 0 Å². The molecule has 1 aliphatic heterocycles. The second kappa shape index (κ2) is 5.38. The maximum Gasteiger partial charge on any atom is 0.297 e. The van der Waals surface area contributed by atoms with Gasteiger partial charge in [-0.3, -0.25) is 4.18 Å². The van der Waals surface area contributed by atoms with E-state index in [1.165, 1.54) is 6.07 Å². The minimum Gasteiger partial charge on any atom is -0.454 e. The highest BCUT2D eigenvalue weighted by molar-refractivity contribution is 7.86. The van der Waals surface area contributed by atoms with Crippen LogP contribution in [0.5, 0.6) is 11.5 Å². The van der Waals surface area contributed by atoms with Crippen LogP contribution in [0.1, 0.15) is 11.1 Å². The van der Waals surface area contributed by atoms with Crippen LogP contribution in [0.15, 0.2) is 47.4 Å². The molecule has 0 saturated heterocycles. The van der Waals surface area contributed by atoms with Crippen molar-refractivity contribution in [2.24, 2.45) is 0 Å². The molecule has 0 bridgehead atoms. The zero-order chi connectivity index (χ0) is 14.9. The molecule has 21 heavy (non-hydrogen) atoms. The molecule has 0 spiro atoms. The number of rotatable bonds is 4. The highest BCUT2D eigenvalue weighted by atomic mass is 32.2. The van der Waals surface area contributed by atoms with Crippen molar-refractivity contribution in [1.82, 2.24) is 0 Å². The van der Waals surface area contributed by atoms with E-state index in [1.54, 1.807) is 30.3 Å². The van der Waals surface area contributed by atoms with Crippen LogP contribution in [-0.4, -0.2) is 15.2 Å². The molecule has 0 saturated carbocycles. The van der Waals surface area contributed by atoms with Gasteiger partial charge in [0, 0.05) is 0 Å². The molecule has 1 aliphatic rings. The van der Waals surface area contributed by atoms with Crippen LogP contribution in [0, 0.1) is 6.92 Å². The fourth-order valence-electron chi connectivity index (χ4n) is 2.02. The molecule has 2 aromatic rings. The van der Waals surface area contributed by atoms with Gasteiger partial charge in [-0.15, -0.1) is 0 Å². The quantitative estimate of drug-likeness (QED) is 0.813. The first-order chi connectivity index (χ1) is 10.0. The smallest absolute Gasteiger partial charge is 0.297 e. The molecule has 0 unspecified atom stereocenters. The van der Waals surface area contributed by atoms with Crippen molar-refractivity contribution in [1.29, 1.82) is 0 Å². The lowest BCUT2D eigenvalue weighted by molar-refractivity contribution is 0.174. The van der Waals surface area contributed by atoms with Crippen LogP contribution in [-0.2, 0) is 20.9 Å². The molecule has 5 nitrogen and oxygen atoms in total. The van der Waals surface area contributed by atoms with Crippen LogP contribution in [0.3, 0.4) is 0 Å². The van der Waals surface area contributed by atoms with Gasteiger partial charge in [0.2, 0.25) is 6.79 Å². The van der Waals surface area contributed by atoms with Gasteiger partial charge in [0.1, 0.15) is 0 Å². The molecule has 0 fully saturated rings. The van der Waals surface area contributed by atoms with Gasteiger partial charge < -0.3 is 9.47 Å². The highest BCUT2D eigenvalue weighted by Crippen LogP contribution is 2.32. The third-order valence-electron chi connectivity index (χ3n) is 3.10. The Labute approximate surface area is 123 Å². The van der Waals surface area contributed by atoms with Crippen molar-refractivity contribution < 1.29 is 22.1 Å². The number of ether oxygens (including phenoxy) is 2. The highest BCUT2D eigenvalue weighted by Gasteiger charge is 2.17. The van der Waals surface area contributed by atoms with Gasteiger partial charge in [-0.2, -0.15) is 8.42 Å². The lowest BCUT2D eigenvalue weighted by Gasteiger charge is -2.07. The summed E-state index contributed by atoms with van der Waals surface area (Å²) >= 11 is 0. The Morgan fingerprint density at radius 1 is 1.10 bits per heavy atom. The Morgan fingerprint density at radius 2 is 1.90 bits per heavy atom. The summed E-state index contributed by atoms with van der Waals surface area (Å²) in [6.45, 7) is 1.96. The summed E-state index contributed by atoms with van der Waals surface area (Å²) in [5.74, 6) is 1.25. The summed E-state index contributed by atoms with van der Waals surface area (Å²) in [7, 11) is -3.77. The lowest BCUT2D eigenvalue weighted by Crippen LogP contribution is -2.06. The molecular formula is C15H14O5S. The van der Waals surface area contributed by atoms with Gasteiger partial charge in [-0.05, 0) is 42.3 Å². The second-order valence-electron chi connectivity index (χ2n) is 4.72. The Bertz CT molecular complexity index is 767. The topological polar surface area (TPSA) is 61.8 Å². The SMILES string of the molecule is Cc1cccc(S(=O)(=O)OCc2ccc3c(c2)OCO3)c1. The zero-order valence-corrected chi connectivity index (χ0v) is 12.2. The number of hydrogen-bond donors (Lipinski definition) is 0. The molecule has 0 radical (unpaired) electrons. The summed E-state index contributed by atoms with van der Waals surface area (Å²) in [4.78, 5) is 0.156. The molecule has 0 amide bonds. The summed E-state index contributed by atoms with van der Waals surface area (Å²) in [5, 5.41) is 0. The van der Waals surface area contributed by atoms with Gasteiger partial charge in [0.25, 0.3) is 10.1 Å². The van der Waals surface area contributed by atoms with E-state index in [-0.39, 0.29) is 18.3 Å². The first-order valence-corrected chi connectivity index (χ1v) is 7.80. The van der Waals surface area contributed by atoms with Crippen molar-refractivity contribution in [2.75, 3.05) is 6.79 Å². The van der Waals surface area contributed by atoms with Crippen molar-refractivity contribution in [3.63, 3.8) is 0 Å². The molecular weight excluding hydrogens is 292 g/mol. The van der Waals surface area contributed by atoms with Crippen LogP contribution < -0.4 is 9.47 Å². The Morgan fingerprint density at radius 3 is 2.71 bits per heavy atom. The van der Waals surface area contributed by atoms with Crippen LogP contribution in [0.25, 0.3) is 0 Å². The predicted molar refractivity (Wildman–Crippen MR) is 75.7 cm³/mol. The number of aryl methyl sites for hydroxylation is 1. The summed E-state index contributed by atoms with van der Waals surface area (Å²) in [5.41, 5.74) is 1.57. The monoisotopic (exact) mass is 306 g/mol. The lowest BCUT2D eigenvalue weighted by atomic mass is 10.2. The van der Waals surface area contributed by atoms with Crippen molar-refractivity contribution in [3.8, 4) is 11.5 Å². The van der Waals surface area contributed by atoms with Crippen molar-refractivity contribution >= 4 is 10.1 Å².